The lowest BCUT2D eigenvalue weighted by Gasteiger charge is -2.14. The summed E-state index contributed by atoms with van der Waals surface area (Å²) in [5.41, 5.74) is 3.14. The van der Waals surface area contributed by atoms with Crippen molar-refractivity contribution in [3.63, 3.8) is 0 Å². The van der Waals surface area contributed by atoms with Crippen LogP contribution < -0.4 is 0 Å². The molecule has 0 saturated heterocycles. The predicted molar refractivity (Wildman–Crippen MR) is 125 cm³/mol. The summed E-state index contributed by atoms with van der Waals surface area (Å²) in [6.45, 7) is 3.84. The average Bonchev–Trinajstić information content (AvgIpc) is 3.39. The van der Waals surface area contributed by atoms with Gasteiger partial charge in [0.1, 0.15) is 6.61 Å². The van der Waals surface area contributed by atoms with Gasteiger partial charge in [0.2, 0.25) is 0 Å². The molecule has 4 aromatic rings. The lowest BCUT2D eigenvalue weighted by Crippen LogP contribution is -2.33. The fraction of sp³-hybridized carbons (Fsp3) is 0.192. The third-order valence-corrected chi connectivity index (χ3v) is 5.77. The largest absolute Gasteiger partial charge is 0.460 e. The number of benzene rings is 2. The number of aromatic nitrogens is 3. The normalized spacial score (nSPS) is 13.1. The minimum atomic E-state index is -0.565. The van der Waals surface area contributed by atoms with Crippen molar-refractivity contribution in [3.8, 4) is 11.3 Å². The van der Waals surface area contributed by atoms with Crippen molar-refractivity contribution in [2.45, 2.75) is 19.9 Å². The second kappa shape index (κ2) is 8.55. The highest BCUT2D eigenvalue weighted by atomic mass is 16.5. The zero-order valence-corrected chi connectivity index (χ0v) is 18.8. The zero-order valence-electron chi connectivity index (χ0n) is 18.8. The van der Waals surface area contributed by atoms with Crippen molar-refractivity contribution >= 4 is 28.8 Å². The topological polar surface area (TPSA) is 94.4 Å². The molecule has 0 bridgehead atoms. The van der Waals surface area contributed by atoms with Gasteiger partial charge in [-0.05, 0) is 32.0 Å². The quantitative estimate of drug-likeness (QED) is 0.321. The van der Waals surface area contributed by atoms with E-state index in [0.29, 0.717) is 33.4 Å². The minimum Gasteiger partial charge on any atom is -0.460 e. The van der Waals surface area contributed by atoms with E-state index in [1.807, 2.05) is 44.2 Å². The summed E-state index contributed by atoms with van der Waals surface area (Å²) in [6.07, 6.45) is 1.61. The molecule has 0 radical (unpaired) electrons. The maximum atomic E-state index is 13.1. The Balaban J connectivity index is 1.40. The van der Waals surface area contributed by atoms with Crippen LogP contribution in [0.1, 0.15) is 51.0 Å². The molecule has 170 valence electrons. The minimum absolute atomic E-state index is 0.0247. The Morgan fingerprint density at radius 3 is 2.26 bits per heavy atom. The molecular formula is C26H22N4O4. The number of ether oxygens (including phenoxy) is 1. The van der Waals surface area contributed by atoms with E-state index < -0.39 is 5.97 Å². The number of carbonyl (C=O) groups is 3. The van der Waals surface area contributed by atoms with Crippen molar-refractivity contribution in [3.05, 3.63) is 83.6 Å². The van der Waals surface area contributed by atoms with Crippen molar-refractivity contribution in [1.29, 1.82) is 0 Å². The smallest absolute Gasteiger partial charge is 0.339 e. The summed E-state index contributed by atoms with van der Waals surface area (Å²) >= 11 is 0. The molecular weight excluding hydrogens is 432 g/mol. The number of nitrogens with zero attached hydrogens (tertiary/aromatic N) is 4. The maximum Gasteiger partial charge on any atom is 0.339 e. The highest BCUT2D eigenvalue weighted by Crippen LogP contribution is 2.27. The van der Waals surface area contributed by atoms with Crippen LogP contribution in [-0.2, 0) is 4.74 Å². The molecule has 0 atom stereocenters. The van der Waals surface area contributed by atoms with Crippen molar-refractivity contribution in [2.75, 3.05) is 13.2 Å². The monoisotopic (exact) mass is 454 g/mol. The molecule has 3 heterocycles. The van der Waals surface area contributed by atoms with Crippen LogP contribution in [0.15, 0.2) is 66.9 Å². The first-order valence-corrected chi connectivity index (χ1v) is 11.0. The molecule has 1 aliphatic rings. The van der Waals surface area contributed by atoms with Crippen LogP contribution >= 0.6 is 0 Å². The maximum absolute atomic E-state index is 13.1. The Morgan fingerprint density at radius 1 is 0.971 bits per heavy atom. The number of amides is 2. The molecule has 0 unspecified atom stereocenters. The van der Waals surface area contributed by atoms with E-state index >= 15 is 0 Å². The third kappa shape index (κ3) is 3.63. The van der Waals surface area contributed by atoms with E-state index in [9.17, 15) is 14.4 Å². The van der Waals surface area contributed by atoms with E-state index in [0.717, 1.165) is 10.5 Å². The molecule has 2 aromatic heterocycles. The van der Waals surface area contributed by atoms with Gasteiger partial charge in [-0.1, -0.05) is 42.5 Å². The Labute approximate surface area is 195 Å². The van der Waals surface area contributed by atoms with Crippen LogP contribution in [0, 0.1) is 0 Å². The van der Waals surface area contributed by atoms with Crippen molar-refractivity contribution in [1.82, 2.24) is 19.7 Å². The van der Waals surface area contributed by atoms with E-state index in [1.165, 1.54) is 0 Å². The Hall–Kier alpha value is -4.33. The van der Waals surface area contributed by atoms with Gasteiger partial charge in [-0.3, -0.25) is 14.5 Å². The molecule has 0 N–H and O–H groups in total. The number of hydrogen-bond donors (Lipinski definition) is 0. The summed E-state index contributed by atoms with van der Waals surface area (Å²) < 4.78 is 7.27. The molecule has 2 amide bonds. The number of imide groups is 1. The predicted octanol–water partition coefficient (Wildman–Crippen LogP) is 4.13. The highest BCUT2D eigenvalue weighted by molar-refractivity contribution is 6.21. The number of fused-ring (bicyclic) bond motifs is 2. The number of carbonyl (C=O) groups excluding carboxylic acids is 3. The molecule has 8 heteroatoms. The molecule has 1 aliphatic heterocycles. The average molecular weight is 454 g/mol. The van der Waals surface area contributed by atoms with Crippen LogP contribution in [0.2, 0.25) is 0 Å². The summed E-state index contributed by atoms with van der Waals surface area (Å²) in [6, 6.07) is 18.0. The lowest BCUT2D eigenvalue weighted by atomic mass is 10.1. The van der Waals surface area contributed by atoms with Gasteiger partial charge in [0, 0.05) is 11.6 Å². The molecule has 0 aliphatic carbocycles. The second-order valence-corrected chi connectivity index (χ2v) is 8.28. The highest BCUT2D eigenvalue weighted by Gasteiger charge is 2.35. The molecule has 0 fully saturated rings. The molecule has 2 aromatic carbocycles. The Morgan fingerprint density at radius 2 is 1.62 bits per heavy atom. The summed E-state index contributed by atoms with van der Waals surface area (Å²) in [4.78, 5) is 44.0. The molecule has 5 rings (SSSR count). The first kappa shape index (κ1) is 21.5. The van der Waals surface area contributed by atoms with Gasteiger partial charge in [-0.15, -0.1) is 0 Å². The van der Waals surface area contributed by atoms with Crippen molar-refractivity contribution in [2.24, 2.45) is 0 Å². The summed E-state index contributed by atoms with van der Waals surface area (Å²) in [7, 11) is 0. The Bertz CT molecular complexity index is 1390. The first-order chi connectivity index (χ1) is 16.5. The van der Waals surface area contributed by atoms with Crippen LogP contribution in [0.4, 0.5) is 0 Å². The number of rotatable bonds is 6. The summed E-state index contributed by atoms with van der Waals surface area (Å²) in [5, 5.41) is 4.99. The van der Waals surface area contributed by atoms with E-state index in [-0.39, 0.29) is 31.0 Å². The fourth-order valence-corrected chi connectivity index (χ4v) is 4.07. The van der Waals surface area contributed by atoms with E-state index in [2.05, 4.69) is 5.10 Å². The fourth-order valence-electron chi connectivity index (χ4n) is 4.07. The molecule has 8 nitrogen and oxygen atoms in total. The van der Waals surface area contributed by atoms with Gasteiger partial charge >= 0.3 is 5.97 Å². The zero-order chi connectivity index (χ0) is 23.8. The van der Waals surface area contributed by atoms with Crippen LogP contribution in [0.25, 0.3) is 22.3 Å². The first-order valence-electron chi connectivity index (χ1n) is 11.0. The third-order valence-electron chi connectivity index (χ3n) is 5.77. The molecule has 0 saturated carbocycles. The molecule has 34 heavy (non-hydrogen) atoms. The van der Waals surface area contributed by atoms with Crippen molar-refractivity contribution < 1.29 is 19.1 Å². The van der Waals surface area contributed by atoms with Gasteiger partial charge in [0.15, 0.2) is 5.65 Å². The molecule has 0 spiro atoms. The SMILES string of the molecule is CC(C)n1ncc2c(C(=O)OCCN3C(=O)c4ccccc4C3=O)cc(-c3ccccc3)nc21. The van der Waals surface area contributed by atoms with Gasteiger partial charge in [-0.2, -0.15) is 5.10 Å². The van der Waals surface area contributed by atoms with E-state index in [4.69, 9.17) is 9.72 Å². The van der Waals surface area contributed by atoms with Gasteiger partial charge in [0.25, 0.3) is 11.8 Å². The van der Waals surface area contributed by atoms with E-state index in [1.54, 1.807) is 41.2 Å². The number of esters is 1. The summed E-state index contributed by atoms with van der Waals surface area (Å²) in [5.74, 6) is -1.33. The van der Waals surface area contributed by atoms with Crippen LogP contribution in [0.5, 0.6) is 0 Å². The number of pyridine rings is 1. The lowest BCUT2D eigenvalue weighted by molar-refractivity contribution is 0.0422. The van der Waals surface area contributed by atoms with Crippen LogP contribution in [-0.4, -0.2) is 50.6 Å². The Kier molecular flexibility index (Phi) is 5.41. The standard InChI is InChI=1S/C26H22N4O4/c1-16(2)30-23-21(15-27-30)20(14-22(28-23)17-8-4-3-5-9-17)26(33)34-13-12-29-24(31)18-10-6-7-11-19(18)25(29)32/h3-11,14-16H,12-13H2,1-2H3. The van der Waals surface area contributed by atoms with Gasteiger partial charge in [-0.25, -0.2) is 14.5 Å². The van der Waals surface area contributed by atoms with Gasteiger partial charge < -0.3 is 4.74 Å². The second-order valence-electron chi connectivity index (χ2n) is 8.28. The van der Waals surface area contributed by atoms with Crippen LogP contribution in [0.3, 0.4) is 0 Å². The van der Waals surface area contributed by atoms with Gasteiger partial charge in [0.05, 0.1) is 40.5 Å². The number of hydrogen-bond acceptors (Lipinski definition) is 6.